The lowest BCUT2D eigenvalue weighted by atomic mass is 9.90. The first-order valence-electron chi connectivity index (χ1n) is 7.08. The number of thioether (sulfide) groups is 1. The summed E-state index contributed by atoms with van der Waals surface area (Å²) in [6.45, 7) is 6.12. The molecule has 0 saturated carbocycles. The van der Waals surface area contributed by atoms with Gasteiger partial charge in [0.25, 0.3) is 0 Å². The van der Waals surface area contributed by atoms with E-state index in [0.29, 0.717) is 6.04 Å². The molecule has 1 saturated heterocycles. The molecule has 1 heterocycles. The number of amidine groups is 1. The first kappa shape index (κ1) is 15.4. The van der Waals surface area contributed by atoms with E-state index in [1.807, 2.05) is 11.8 Å². The minimum atomic E-state index is 0.191. The minimum absolute atomic E-state index is 0.191. The Morgan fingerprint density at radius 3 is 2.80 bits per heavy atom. The Hall–Kier alpha value is -1.00. The van der Waals surface area contributed by atoms with E-state index >= 15 is 0 Å². The van der Waals surface area contributed by atoms with Gasteiger partial charge in [-0.15, -0.1) is 0 Å². The standard InChI is InChI=1S/C16H24N2OS/c1-16(2,9-10-19-3)12-17-15-18-14(11-20-15)13-7-5-4-6-8-13/h4-8,14H,9-12H2,1-3H3,(H,17,18). The molecule has 0 amide bonds. The summed E-state index contributed by atoms with van der Waals surface area (Å²) in [4.78, 5) is 4.74. The van der Waals surface area contributed by atoms with Crippen LogP contribution in [-0.2, 0) is 4.74 Å². The van der Waals surface area contributed by atoms with Gasteiger partial charge in [0.2, 0.25) is 0 Å². The van der Waals surface area contributed by atoms with Crippen LogP contribution in [0.4, 0.5) is 0 Å². The van der Waals surface area contributed by atoms with Crippen LogP contribution in [0.25, 0.3) is 0 Å². The summed E-state index contributed by atoms with van der Waals surface area (Å²) in [5.74, 6) is 1.06. The number of aliphatic imine (C=N–C) groups is 1. The van der Waals surface area contributed by atoms with Crippen LogP contribution in [0.1, 0.15) is 31.9 Å². The van der Waals surface area contributed by atoms with Crippen molar-refractivity contribution in [1.29, 1.82) is 0 Å². The van der Waals surface area contributed by atoms with Gasteiger partial charge in [-0.05, 0) is 17.4 Å². The molecule has 1 unspecified atom stereocenters. The zero-order valence-electron chi connectivity index (χ0n) is 12.6. The first-order valence-corrected chi connectivity index (χ1v) is 8.07. The predicted octanol–water partition coefficient (Wildman–Crippen LogP) is 3.48. The lowest BCUT2D eigenvalue weighted by Crippen LogP contribution is -2.23. The maximum Gasteiger partial charge on any atom is 0.157 e. The average Bonchev–Trinajstić information content (AvgIpc) is 2.93. The zero-order chi connectivity index (χ0) is 14.4. The number of rotatable bonds is 6. The number of ether oxygens (including phenoxy) is 1. The molecule has 3 nitrogen and oxygen atoms in total. The number of nitrogens with one attached hydrogen (secondary N) is 1. The summed E-state index contributed by atoms with van der Waals surface area (Å²) in [5.41, 5.74) is 1.53. The Morgan fingerprint density at radius 2 is 2.10 bits per heavy atom. The van der Waals surface area contributed by atoms with Gasteiger partial charge in [0.1, 0.15) is 0 Å². The highest BCUT2D eigenvalue weighted by atomic mass is 32.2. The molecule has 0 aliphatic carbocycles. The molecular formula is C16H24N2OS. The third-order valence-corrected chi connectivity index (χ3v) is 4.54. The van der Waals surface area contributed by atoms with Crippen molar-refractivity contribution in [3.63, 3.8) is 0 Å². The molecule has 1 N–H and O–H groups in total. The highest BCUT2D eigenvalue weighted by Crippen LogP contribution is 2.27. The fraction of sp³-hybridized carbons (Fsp3) is 0.562. The van der Waals surface area contributed by atoms with E-state index in [9.17, 15) is 0 Å². The Morgan fingerprint density at radius 1 is 1.35 bits per heavy atom. The molecule has 1 aliphatic heterocycles. The van der Waals surface area contributed by atoms with Gasteiger partial charge in [0.15, 0.2) is 5.17 Å². The molecule has 110 valence electrons. The molecule has 0 spiro atoms. The van der Waals surface area contributed by atoms with Crippen LogP contribution in [0.2, 0.25) is 0 Å². The van der Waals surface area contributed by atoms with Crippen LogP contribution in [0, 0.1) is 5.41 Å². The fourth-order valence-electron chi connectivity index (χ4n) is 2.09. The summed E-state index contributed by atoms with van der Waals surface area (Å²) >= 11 is 1.82. The highest BCUT2D eigenvalue weighted by molar-refractivity contribution is 8.14. The SMILES string of the molecule is COCCC(C)(C)CN=C1NC(c2ccccc2)CS1. The molecule has 1 fully saturated rings. The Labute approximate surface area is 126 Å². The number of hydrogen-bond donors (Lipinski definition) is 1. The van der Waals surface area contributed by atoms with Crippen LogP contribution in [-0.4, -0.2) is 31.2 Å². The summed E-state index contributed by atoms with van der Waals surface area (Å²) in [6.07, 6.45) is 1.03. The molecule has 2 rings (SSSR count). The monoisotopic (exact) mass is 292 g/mol. The summed E-state index contributed by atoms with van der Waals surface area (Å²) < 4.78 is 5.16. The highest BCUT2D eigenvalue weighted by Gasteiger charge is 2.23. The van der Waals surface area contributed by atoms with Gasteiger partial charge in [-0.2, -0.15) is 0 Å². The Kier molecular flexibility index (Phi) is 5.49. The van der Waals surface area contributed by atoms with E-state index in [2.05, 4.69) is 49.5 Å². The first-order chi connectivity index (χ1) is 9.61. The Bertz CT molecular complexity index is 445. The molecule has 1 aliphatic rings. The maximum absolute atomic E-state index is 5.16. The van der Waals surface area contributed by atoms with Gasteiger partial charge in [-0.3, -0.25) is 4.99 Å². The van der Waals surface area contributed by atoms with Gasteiger partial charge < -0.3 is 10.1 Å². The van der Waals surface area contributed by atoms with E-state index in [4.69, 9.17) is 9.73 Å². The molecule has 1 aromatic rings. The van der Waals surface area contributed by atoms with E-state index in [1.165, 1.54) is 5.56 Å². The normalized spacial score (nSPS) is 21.1. The average molecular weight is 292 g/mol. The molecule has 0 radical (unpaired) electrons. The third-order valence-electron chi connectivity index (χ3n) is 3.52. The van der Waals surface area contributed by atoms with Crippen molar-refractivity contribution in [3.8, 4) is 0 Å². The lowest BCUT2D eigenvalue weighted by Gasteiger charge is -2.21. The second-order valence-corrected chi connectivity index (χ2v) is 6.96. The Balaban J connectivity index is 1.88. The van der Waals surface area contributed by atoms with Gasteiger partial charge in [0, 0.05) is 26.0 Å². The van der Waals surface area contributed by atoms with Crippen molar-refractivity contribution in [1.82, 2.24) is 5.32 Å². The second kappa shape index (κ2) is 7.14. The smallest absolute Gasteiger partial charge is 0.157 e. The van der Waals surface area contributed by atoms with Crippen LogP contribution >= 0.6 is 11.8 Å². The van der Waals surface area contributed by atoms with E-state index in [0.717, 1.165) is 30.5 Å². The van der Waals surface area contributed by atoms with Crippen molar-refractivity contribution < 1.29 is 4.74 Å². The minimum Gasteiger partial charge on any atom is -0.385 e. The number of hydrogen-bond acceptors (Lipinski definition) is 3. The molecular weight excluding hydrogens is 268 g/mol. The molecule has 0 bridgehead atoms. The second-order valence-electron chi connectivity index (χ2n) is 5.95. The van der Waals surface area contributed by atoms with Gasteiger partial charge in [-0.1, -0.05) is 55.9 Å². The van der Waals surface area contributed by atoms with Crippen LogP contribution in [0.3, 0.4) is 0 Å². The molecule has 20 heavy (non-hydrogen) atoms. The lowest BCUT2D eigenvalue weighted by molar-refractivity contribution is 0.155. The van der Waals surface area contributed by atoms with Crippen molar-refractivity contribution in [2.75, 3.05) is 26.0 Å². The number of nitrogens with zero attached hydrogens (tertiary/aromatic N) is 1. The number of methoxy groups -OCH3 is 1. The quantitative estimate of drug-likeness (QED) is 0.871. The van der Waals surface area contributed by atoms with Crippen LogP contribution in [0.5, 0.6) is 0 Å². The van der Waals surface area contributed by atoms with Gasteiger partial charge >= 0.3 is 0 Å². The van der Waals surface area contributed by atoms with E-state index < -0.39 is 0 Å². The number of benzene rings is 1. The van der Waals surface area contributed by atoms with Crippen LogP contribution < -0.4 is 5.32 Å². The molecule has 1 atom stereocenters. The van der Waals surface area contributed by atoms with Crippen molar-refractivity contribution in [3.05, 3.63) is 35.9 Å². The van der Waals surface area contributed by atoms with Crippen LogP contribution in [0.15, 0.2) is 35.3 Å². The summed E-state index contributed by atoms with van der Waals surface area (Å²) in [6, 6.07) is 11.0. The van der Waals surface area contributed by atoms with Gasteiger partial charge in [0.05, 0.1) is 6.04 Å². The fourth-order valence-corrected chi connectivity index (χ4v) is 3.08. The molecule has 4 heteroatoms. The third kappa shape index (κ3) is 4.53. The summed E-state index contributed by atoms with van der Waals surface area (Å²) in [5, 5.41) is 4.59. The maximum atomic E-state index is 5.16. The largest absolute Gasteiger partial charge is 0.385 e. The van der Waals surface area contributed by atoms with Crippen molar-refractivity contribution in [2.24, 2.45) is 10.4 Å². The van der Waals surface area contributed by atoms with Crippen molar-refractivity contribution >= 4 is 16.9 Å². The van der Waals surface area contributed by atoms with Crippen molar-refractivity contribution in [2.45, 2.75) is 26.3 Å². The molecule has 0 aromatic heterocycles. The molecule has 1 aromatic carbocycles. The zero-order valence-corrected chi connectivity index (χ0v) is 13.4. The van der Waals surface area contributed by atoms with Gasteiger partial charge in [-0.25, -0.2) is 0 Å². The summed E-state index contributed by atoms with van der Waals surface area (Å²) in [7, 11) is 1.75. The van der Waals surface area contributed by atoms with E-state index in [-0.39, 0.29) is 5.41 Å². The predicted molar refractivity (Wildman–Crippen MR) is 87.4 cm³/mol. The van der Waals surface area contributed by atoms with E-state index in [1.54, 1.807) is 7.11 Å². The topological polar surface area (TPSA) is 33.6 Å².